The van der Waals surface area contributed by atoms with Crippen molar-refractivity contribution in [2.75, 3.05) is 19.8 Å². The minimum atomic E-state index is -0.183. The minimum absolute atomic E-state index is 0.183. The summed E-state index contributed by atoms with van der Waals surface area (Å²) in [7, 11) is 0. The number of ether oxygens (including phenoxy) is 1. The molecule has 4 heteroatoms. The zero-order chi connectivity index (χ0) is 15.2. The molecular weight excluding hydrogens is 267 g/mol. The number of halogens is 1. The lowest BCUT2D eigenvalue weighted by Gasteiger charge is -2.31. The lowest BCUT2D eigenvalue weighted by Crippen LogP contribution is -2.45. The topological polar surface area (TPSA) is 33.3 Å². The lowest BCUT2D eigenvalue weighted by molar-refractivity contribution is 0.0704. The van der Waals surface area contributed by atoms with E-state index < -0.39 is 0 Å². The van der Waals surface area contributed by atoms with Gasteiger partial charge in [-0.1, -0.05) is 26.0 Å². The Labute approximate surface area is 127 Å². The molecule has 2 N–H and O–H groups in total. The van der Waals surface area contributed by atoms with Gasteiger partial charge in [-0.25, -0.2) is 4.39 Å². The van der Waals surface area contributed by atoms with Gasteiger partial charge in [0.2, 0.25) is 0 Å². The molecule has 0 amide bonds. The van der Waals surface area contributed by atoms with Crippen LogP contribution in [0.1, 0.15) is 38.8 Å². The lowest BCUT2D eigenvalue weighted by atomic mass is 9.94. The number of hydrogen-bond acceptors (Lipinski definition) is 3. The highest BCUT2D eigenvalue weighted by Crippen LogP contribution is 2.23. The number of benzene rings is 1. The van der Waals surface area contributed by atoms with Gasteiger partial charge in [0.25, 0.3) is 0 Å². The quantitative estimate of drug-likeness (QED) is 0.846. The van der Waals surface area contributed by atoms with E-state index in [4.69, 9.17) is 4.74 Å². The van der Waals surface area contributed by atoms with Crippen molar-refractivity contribution in [2.24, 2.45) is 5.92 Å². The summed E-state index contributed by atoms with van der Waals surface area (Å²) in [6.07, 6.45) is 1.03. The minimum Gasteiger partial charge on any atom is -0.379 e. The van der Waals surface area contributed by atoms with E-state index in [1.807, 2.05) is 12.1 Å². The fraction of sp³-hybridized carbons (Fsp3) is 0.647. The van der Waals surface area contributed by atoms with E-state index in [0.717, 1.165) is 31.7 Å². The molecule has 0 spiro atoms. The summed E-state index contributed by atoms with van der Waals surface area (Å²) in [5.74, 6) is 0.270. The second-order valence-corrected chi connectivity index (χ2v) is 6.30. The van der Waals surface area contributed by atoms with Gasteiger partial charge in [0.05, 0.1) is 13.2 Å². The molecule has 0 aliphatic carbocycles. The van der Waals surface area contributed by atoms with Gasteiger partial charge < -0.3 is 15.4 Å². The fourth-order valence-electron chi connectivity index (χ4n) is 2.92. The molecule has 1 aliphatic rings. The summed E-state index contributed by atoms with van der Waals surface area (Å²) < 4.78 is 18.6. The Morgan fingerprint density at radius 1 is 1.29 bits per heavy atom. The highest BCUT2D eigenvalue weighted by atomic mass is 19.1. The summed E-state index contributed by atoms with van der Waals surface area (Å²) in [6, 6.07) is 7.86. The molecule has 2 rings (SSSR count). The SMILES string of the molecule is CC(CC1COCCN1)NC(c1ccc(F)cc1)C(C)C. The van der Waals surface area contributed by atoms with Gasteiger partial charge >= 0.3 is 0 Å². The van der Waals surface area contributed by atoms with Crippen LogP contribution in [-0.4, -0.2) is 31.8 Å². The number of nitrogens with one attached hydrogen (secondary N) is 2. The summed E-state index contributed by atoms with van der Waals surface area (Å²) in [5, 5.41) is 7.17. The Hall–Kier alpha value is -0.970. The molecule has 1 heterocycles. The molecule has 3 nitrogen and oxygen atoms in total. The van der Waals surface area contributed by atoms with Crippen LogP contribution in [-0.2, 0) is 4.74 Å². The average Bonchev–Trinajstić information content (AvgIpc) is 2.47. The molecule has 1 aromatic rings. The summed E-state index contributed by atoms with van der Waals surface area (Å²) >= 11 is 0. The third-order valence-corrected chi connectivity index (χ3v) is 4.00. The Bertz CT molecular complexity index is 415. The van der Waals surface area contributed by atoms with Crippen LogP contribution in [0.5, 0.6) is 0 Å². The molecule has 1 saturated heterocycles. The molecule has 1 aromatic carbocycles. The molecule has 3 atom stereocenters. The fourth-order valence-corrected chi connectivity index (χ4v) is 2.92. The van der Waals surface area contributed by atoms with E-state index >= 15 is 0 Å². The smallest absolute Gasteiger partial charge is 0.123 e. The number of hydrogen-bond donors (Lipinski definition) is 2. The summed E-state index contributed by atoms with van der Waals surface area (Å²) in [4.78, 5) is 0. The largest absolute Gasteiger partial charge is 0.379 e. The van der Waals surface area contributed by atoms with E-state index in [-0.39, 0.29) is 11.9 Å². The first-order valence-electron chi connectivity index (χ1n) is 7.89. The zero-order valence-electron chi connectivity index (χ0n) is 13.2. The standard InChI is InChI=1S/C17H27FN2O/c1-12(2)17(14-4-6-15(18)7-5-14)20-13(3)10-16-11-21-9-8-19-16/h4-7,12-13,16-17,19-20H,8-11H2,1-3H3. The average molecular weight is 294 g/mol. The molecule has 0 bridgehead atoms. The zero-order valence-corrected chi connectivity index (χ0v) is 13.2. The van der Waals surface area contributed by atoms with Crippen molar-refractivity contribution in [2.45, 2.75) is 45.3 Å². The van der Waals surface area contributed by atoms with Crippen molar-refractivity contribution >= 4 is 0 Å². The normalized spacial score (nSPS) is 22.2. The highest BCUT2D eigenvalue weighted by molar-refractivity contribution is 5.20. The van der Waals surface area contributed by atoms with Crippen LogP contribution in [0.2, 0.25) is 0 Å². The molecule has 118 valence electrons. The molecule has 3 unspecified atom stereocenters. The monoisotopic (exact) mass is 294 g/mol. The second kappa shape index (κ2) is 7.87. The van der Waals surface area contributed by atoms with Crippen LogP contribution < -0.4 is 10.6 Å². The Balaban J connectivity index is 1.93. The van der Waals surface area contributed by atoms with Gasteiger partial charge in [-0.3, -0.25) is 0 Å². The first-order valence-corrected chi connectivity index (χ1v) is 7.89. The third kappa shape index (κ3) is 5.06. The van der Waals surface area contributed by atoms with Crippen molar-refractivity contribution in [3.63, 3.8) is 0 Å². The predicted octanol–water partition coefficient (Wildman–Crippen LogP) is 2.88. The van der Waals surface area contributed by atoms with Gasteiger partial charge in [-0.15, -0.1) is 0 Å². The van der Waals surface area contributed by atoms with E-state index in [0.29, 0.717) is 18.0 Å². The maximum atomic E-state index is 13.1. The van der Waals surface area contributed by atoms with Crippen LogP contribution in [0.4, 0.5) is 4.39 Å². The molecular formula is C17H27FN2O. The Kier molecular flexibility index (Phi) is 6.15. The van der Waals surface area contributed by atoms with E-state index in [2.05, 4.69) is 31.4 Å². The van der Waals surface area contributed by atoms with Crippen LogP contribution in [0.25, 0.3) is 0 Å². The molecule has 0 radical (unpaired) electrons. The molecule has 0 aromatic heterocycles. The number of rotatable bonds is 6. The summed E-state index contributed by atoms with van der Waals surface area (Å²) in [5.41, 5.74) is 1.14. The van der Waals surface area contributed by atoms with Crippen LogP contribution in [0.3, 0.4) is 0 Å². The van der Waals surface area contributed by atoms with Crippen LogP contribution >= 0.6 is 0 Å². The van der Waals surface area contributed by atoms with Gasteiger partial charge in [0.1, 0.15) is 5.82 Å². The van der Waals surface area contributed by atoms with Crippen molar-refractivity contribution in [1.82, 2.24) is 10.6 Å². The first kappa shape index (κ1) is 16.4. The van der Waals surface area contributed by atoms with Gasteiger partial charge in [-0.05, 0) is 37.0 Å². The van der Waals surface area contributed by atoms with Crippen molar-refractivity contribution in [1.29, 1.82) is 0 Å². The van der Waals surface area contributed by atoms with E-state index in [1.165, 1.54) is 12.1 Å². The van der Waals surface area contributed by atoms with Crippen molar-refractivity contribution in [3.05, 3.63) is 35.6 Å². The van der Waals surface area contributed by atoms with Crippen LogP contribution in [0, 0.1) is 11.7 Å². The predicted molar refractivity (Wildman–Crippen MR) is 83.8 cm³/mol. The molecule has 1 aliphatic heterocycles. The van der Waals surface area contributed by atoms with Crippen molar-refractivity contribution in [3.8, 4) is 0 Å². The Morgan fingerprint density at radius 3 is 2.57 bits per heavy atom. The molecule has 21 heavy (non-hydrogen) atoms. The maximum Gasteiger partial charge on any atom is 0.123 e. The van der Waals surface area contributed by atoms with Gasteiger partial charge in [0.15, 0.2) is 0 Å². The maximum absolute atomic E-state index is 13.1. The van der Waals surface area contributed by atoms with E-state index in [1.54, 1.807) is 0 Å². The highest BCUT2D eigenvalue weighted by Gasteiger charge is 2.21. The third-order valence-electron chi connectivity index (χ3n) is 4.00. The van der Waals surface area contributed by atoms with Gasteiger partial charge in [0, 0.05) is 24.7 Å². The second-order valence-electron chi connectivity index (χ2n) is 6.30. The number of morpholine rings is 1. The first-order chi connectivity index (χ1) is 10.1. The van der Waals surface area contributed by atoms with Crippen LogP contribution in [0.15, 0.2) is 24.3 Å². The summed E-state index contributed by atoms with van der Waals surface area (Å²) in [6.45, 7) is 9.11. The van der Waals surface area contributed by atoms with Gasteiger partial charge in [-0.2, -0.15) is 0 Å². The van der Waals surface area contributed by atoms with Crippen molar-refractivity contribution < 1.29 is 9.13 Å². The van der Waals surface area contributed by atoms with E-state index in [9.17, 15) is 4.39 Å². The molecule has 0 saturated carbocycles. The Morgan fingerprint density at radius 2 is 2.00 bits per heavy atom. The molecule has 1 fully saturated rings.